The molecule has 0 aromatic heterocycles. The molecule has 3 amide bonds. The summed E-state index contributed by atoms with van der Waals surface area (Å²) in [5.74, 6) is -1.64. The monoisotopic (exact) mass is 337 g/mol. The van der Waals surface area contributed by atoms with Gasteiger partial charge in [-0.3, -0.25) is 9.59 Å². The van der Waals surface area contributed by atoms with Crippen molar-refractivity contribution in [3.05, 3.63) is 35.9 Å². The summed E-state index contributed by atoms with van der Waals surface area (Å²) < 4.78 is 4.98. The van der Waals surface area contributed by atoms with Crippen molar-refractivity contribution in [2.75, 3.05) is 6.61 Å². The molecule has 0 spiro atoms. The minimum absolute atomic E-state index is 0.0301. The van der Waals surface area contributed by atoms with Crippen LogP contribution in [0.15, 0.2) is 30.3 Å². The van der Waals surface area contributed by atoms with Crippen LogP contribution in [-0.4, -0.2) is 41.7 Å². The molecule has 1 aromatic rings. The van der Waals surface area contributed by atoms with Crippen LogP contribution in [0.25, 0.3) is 0 Å². The topological polar surface area (TPSA) is 131 Å². The second-order valence-corrected chi connectivity index (χ2v) is 5.57. The maximum atomic E-state index is 12.1. The van der Waals surface area contributed by atoms with Gasteiger partial charge in [-0.05, 0) is 11.5 Å². The molecular weight excluding hydrogens is 314 g/mol. The minimum Gasteiger partial charge on any atom is -0.445 e. The number of alkyl carbamates (subject to hydrolysis) is 1. The quantitative estimate of drug-likeness (QED) is 0.526. The van der Waals surface area contributed by atoms with E-state index >= 15 is 0 Å². The van der Waals surface area contributed by atoms with Crippen molar-refractivity contribution in [3.63, 3.8) is 0 Å². The Balaban J connectivity index is 2.54. The van der Waals surface area contributed by atoms with E-state index < -0.39 is 36.6 Å². The third-order valence-electron chi connectivity index (χ3n) is 3.27. The number of primary amides is 1. The zero-order valence-corrected chi connectivity index (χ0v) is 13.7. The van der Waals surface area contributed by atoms with Crippen LogP contribution in [0.5, 0.6) is 0 Å². The second-order valence-electron chi connectivity index (χ2n) is 5.57. The average Bonchev–Trinajstić information content (AvgIpc) is 2.55. The summed E-state index contributed by atoms with van der Waals surface area (Å²) in [6.07, 6.45) is -0.853. The van der Waals surface area contributed by atoms with Crippen molar-refractivity contribution in [1.82, 2.24) is 10.6 Å². The fourth-order valence-corrected chi connectivity index (χ4v) is 1.92. The van der Waals surface area contributed by atoms with E-state index in [1.807, 2.05) is 6.07 Å². The maximum Gasteiger partial charge on any atom is 0.408 e. The highest BCUT2D eigenvalue weighted by Gasteiger charge is 2.27. The molecule has 1 rings (SSSR count). The van der Waals surface area contributed by atoms with E-state index in [2.05, 4.69) is 10.6 Å². The molecule has 0 saturated heterocycles. The van der Waals surface area contributed by atoms with Crippen molar-refractivity contribution in [2.45, 2.75) is 32.5 Å². The number of hydrogen-bond donors (Lipinski definition) is 4. The summed E-state index contributed by atoms with van der Waals surface area (Å²) in [7, 11) is 0. The number of aliphatic hydroxyl groups excluding tert-OH is 1. The molecule has 0 unspecified atom stereocenters. The Bertz CT molecular complexity index is 562. The second kappa shape index (κ2) is 9.51. The highest BCUT2D eigenvalue weighted by Crippen LogP contribution is 2.03. The summed E-state index contributed by atoms with van der Waals surface area (Å²) in [5, 5.41) is 13.9. The van der Waals surface area contributed by atoms with Gasteiger partial charge in [-0.1, -0.05) is 44.2 Å². The van der Waals surface area contributed by atoms with Crippen molar-refractivity contribution in [1.29, 1.82) is 0 Å². The molecule has 5 N–H and O–H groups in total. The highest BCUT2D eigenvalue weighted by atomic mass is 16.5. The van der Waals surface area contributed by atoms with E-state index in [9.17, 15) is 19.5 Å². The van der Waals surface area contributed by atoms with Crippen LogP contribution in [0.1, 0.15) is 19.4 Å². The molecule has 24 heavy (non-hydrogen) atoms. The van der Waals surface area contributed by atoms with Gasteiger partial charge in [-0.25, -0.2) is 4.79 Å². The van der Waals surface area contributed by atoms with E-state index in [1.54, 1.807) is 38.1 Å². The smallest absolute Gasteiger partial charge is 0.408 e. The number of benzene rings is 1. The Kier molecular flexibility index (Phi) is 7.70. The number of carbonyl (C=O) groups excluding carboxylic acids is 3. The molecule has 0 aliphatic heterocycles. The molecule has 0 bridgehead atoms. The zero-order valence-electron chi connectivity index (χ0n) is 13.7. The Morgan fingerprint density at radius 3 is 2.29 bits per heavy atom. The van der Waals surface area contributed by atoms with Crippen molar-refractivity contribution < 1.29 is 24.2 Å². The first-order valence-electron chi connectivity index (χ1n) is 7.53. The lowest BCUT2D eigenvalue weighted by atomic mass is 10.0. The summed E-state index contributed by atoms with van der Waals surface area (Å²) in [6.45, 7) is 2.81. The highest BCUT2D eigenvalue weighted by molar-refractivity contribution is 5.90. The van der Waals surface area contributed by atoms with Gasteiger partial charge in [-0.15, -0.1) is 0 Å². The summed E-state index contributed by atoms with van der Waals surface area (Å²) in [5.41, 5.74) is 6.00. The first-order chi connectivity index (χ1) is 11.3. The zero-order chi connectivity index (χ0) is 18.1. The Hall–Kier alpha value is -2.61. The van der Waals surface area contributed by atoms with Gasteiger partial charge < -0.3 is 26.2 Å². The van der Waals surface area contributed by atoms with E-state index in [0.717, 1.165) is 5.56 Å². The first kappa shape index (κ1) is 19.4. The molecule has 0 saturated carbocycles. The van der Waals surface area contributed by atoms with Crippen molar-refractivity contribution >= 4 is 17.9 Å². The fourth-order valence-electron chi connectivity index (χ4n) is 1.92. The van der Waals surface area contributed by atoms with Crippen LogP contribution in [0.3, 0.4) is 0 Å². The average molecular weight is 337 g/mol. The molecule has 132 valence electrons. The summed E-state index contributed by atoms with van der Waals surface area (Å²) in [4.78, 5) is 35.1. The van der Waals surface area contributed by atoms with Crippen LogP contribution >= 0.6 is 0 Å². The van der Waals surface area contributed by atoms with Gasteiger partial charge in [0.2, 0.25) is 11.8 Å². The predicted molar refractivity (Wildman–Crippen MR) is 86.6 cm³/mol. The van der Waals surface area contributed by atoms with E-state index in [0.29, 0.717) is 0 Å². The molecule has 0 aliphatic rings. The minimum atomic E-state index is -1.24. The lowest BCUT2D eigenvalue weighted by Gasteiger charge is -2.22. The number of nitrogens with one attached hydrogen (secondary N) is 2. The number of aliphatic hydroxyl groups is 1. The van der Waals surface area contributed by atoms with Crippen LogP contribution in [-0.2, 0) is 20.9 Å². The number of hydrogen-bond acceptors (Lipinski definition) is 5. The number of amides is 3. The standard InChI is InChI=1S/C16H23N3O5/c1-10(2)13(14(17)21)19-15(22)12(8-20)18-16(23)24-9-11-6-4-3-5-7-11/h3-7,10,12-13,20H,8-9H2,1-2H3,(H2,17,21)(H,18,23)(H,19,22)/t12-,13+/m0/s1. The van der Waals surface area contributed by atoms with Gasteiger partial charge >= 0.3 is 6.09 Å². The molecule has 0 aliphatic carbocycles. The van der Waals surface area contributed by atoms with Gasteiger partial charge in [0.25, 0.3) is 0 Å². The number of rotatable bonds is 8. The summed E-state index contributed by atoms with van der Waals surface area (Å²) in [6, 6.07) is 6.86. The Labute approximate surface area is 140 Å². The normalized spacial score (nSPS) is 13.0. The van der Waals surface area contributed by atoms with Gasteiger partial charge in [0.15, 0.2) is 0 Å². The predicted octanol–water partition coefficient (Wildman–Crippen LogP) is -0.100. The van der Waals surface area contributed by atoms with Gasteiger partial charge in [0.05, 0.1) is 6.61 Å². The number of ether oxygens (including phenoxy) is 1. The molecule has 0 fully saturated rings. The molecule has 0 radical (unpaired) electrons. The van der Waals surface area contributed by atoms with Crippen molar-refractivity contribution in [3.8, 4) is 0 Å². The number of carbonyl (C=O) groups is 3. The van der Waals surface area contributed by atoms with Crippen molar-refractivity contribution in [2.24, 2.45) is 11.7 Å². The van der Waals surface area contributed by atoms with Crippen LogP contribution in [0.4, 0.5) is 4.79 Å². The van der Waals surface area contributed by atoms with Crippen LogP contribution < -0.4 is 16.4 Å². The van der Waals surface area contributed by atoms with Gasteiger partial charge in [0, 0.05) is 0 Å². The number of nitrogens with two attached hydrogens (primary N) is 1. The first-order valence-corrected chi connectivity index (χ1v) is 7.53. The van der Waals surface area contributed by atoms with Gasteiger partial charge in [-0.2, -0.15) is 0 Å². The maximum absolute atomic E-state index is 12.1. The Morgan fingerprint density at radius 2 is 1.79 bits per heavy atom. The lowest BCUT2D eigenvalue weighted by molar-refractivity contribution is -0.130. The molecule has 0 heterocycles. The largest absolute Gasteiger partial charge is 0.445 e. The van der Waals surface area contributed by atoms with Crippen LogP contribution in [0.2, 0.25) is 0 Å². The van der Waals surface area contributed by atoms with Crippen LogP contribution in [0, 0.1) is 5.92 Å². The summed E-state index contributed by atoms with van der Waals surface area (Å²) >= 11 is 0. The molecule has 8 nitrogen and oxygen atoms in total. The van der Waals surface area contributed by atoms with Gasteiger partial charge in [0.1, 0.15) is 18.7 Å². The molecule has 8 heteroatoms. The fraction of sp³-hybridized carbons (Fsp3) is 0.438. The molecule has 2 atom stereocenters. The third kappa shape index (κ3) is 6.25. The SMILES string of the molecule is CC(C)[C@@H](NC(=O)[C@H](CO)NC(=O)OCc1ccccc1)C(N)=O. The molecule has 1 aromatic carbocycles. The van der Waals surface area contributed by atoms with E-state index in [-0.39, 0.29) is 12.5 Å². The lowest BCUT2D eigenvalue weighted by Crippen LogP contribution is -2.55. The van der Waals surface area contributed by atoms with E-state index in [1.165, 1.54) is 0 Å². The molecular formula is C16H23N3O5. The Morgan fingerprint density at radius 1 is 1.17 bits per heavy atom. The third-order valence-corrected chi connectivity index (χ3v) is 3.27. The van der Waals surface area contributed by atoms with E-state index in [4.69, 9.17) is 10.5 Å².